The van der Waals surface area contributed by atoms with Crippen molar-refractivity contribution < 1.29 is 4.92 Å². The minimum absolute atomic E-state index is 0.0518. The smallest absolute Gasteiger partial charge is 0.358 e. The molecule has 0 aliphatic carbocycles. The van der Waals surface area contributed by atoms with E-state index in [0.717, 1.165) is 5.69 Å². The number of hydrogen-bond donors (Lipinski definition) is 1. The van der Waals surface area contributed by atoms with Crippen molar-refractivity contribution in [2.45, 2.75) is 13.0 Å². The first-order valence-electron chi connectivity index (χ1n) is 5.94. The summed E-state index contributed by atoms with van der Waals surface area (Å²) < 4.78 is 1.47. The van der Waals surface area contributed by atoms with Crippen LogP contribution in [0.5, 0.6) is 0 Å². The fourth-order valence-electron chi connectivity index (χ4n) is 1.96. The Morgan fingerprint density at radius 3 is 3.05 bits per heavy atom. The van der Waals surface area contributed by atoms with Crippen LogP contribution in [-0.4, -0.2) is 19.3 Å². The first kappa shape index (κ1) is 12.5. The second-order valence-corrected chi connectivity index (χ2v) is 5.09. The summed E-state index contributed by atoms with van der Waals surface area (Å²) in [5.74, 6) is 0.212. The number of nitro groups is 1. The molecule has 0 saturated heterocycles. The molecule has 0 unspecified atom stereocenters. The number of nitrogens with zero attached hydrogens (tertiary/aromatic N) is 4. The fourth-order valence-corrected chi connectivity index (χ4v) is 2.67. The van der Waals surface area contributed by atoms with E-state index in [-0.39, 0.29) is 17.7 Å². The van der Waals surface area contributed by atoms with Crippen LogP contribution in [0.25, 0.3) is 4.96 Å². The van der Waals surface area contributed by atoms with Crippen LogP contribution in [0.15, 0.2) is 36.0 Å². The number of imidazole rings is 1. The van der Waals surface area contributed by atoms with E-state index >= 15 is 0 Å². The quantitative estimate of drug-likeness (QED) is 0.589. The lowest BCUT2D eigenvalue weighted by atomic mass is 10.2. The summed E-state index contributed by atoms with van der Waals surface area (Å²) in [6.45, 7) is 1.89. The number of fused-ring (bicyclic) bond motifs is 1. The van der Waals surface area contributed by atoms with Crippen LogP contribution in [0.2, 0.25) is 0 Å². The molecule has 0 aliphatic heterocycles. The maximum absolute atomic E-state index is 11.2. The lowest BCUT2D eigenvalue weighted by molar-refractivity contribution is -0.389. The Balaban J connectivity index is 1.96. The molecule has 0 spiro atoms. The number of nitrogens with one attached hydrogen (secondary N) is 1. The van der Waals surface area contributed by atoms with Crippen molar-refractivity contribution in [3.05, 3.63) is 51.8 Å². The molecular formula is C12H11N5O2S. The van der Waals surface area contributed by atoms with Crippen LogP contribution in [0.4, 0.5) is 11.6 Å². The number of pyridine rings is 1. The van der Waals surface area contributed by atoms with E-state index in [9.17, 15) is 10.1 Å². The van der Waals surface area contributed by atoms with Gasteiger partial charge < -0.3 is 15.4 Å². The molecule has 0 aliphatic rings. The summed E-state index contributed by atoms with van der Waals surface area (Å²) in [5, 5.41) is 16.0. The van der Waals surface area contributed by atoms with Crippen LogP contribution in [-0.2, 0) is 0 Å². The molecule has 0 radical (unpaired) electrons. The van der Waals surface area contributed by atoms with Gasteiger partial charge in [0.15, 0.2) is 0 Å². The van der Waals surface area contributed by atoms with Crippen LogP contribution in [0.1, 0.15) is 18.7 Å². The number of aromatic nitrogens is 3. The van der Waals surface area contributed by atoms with Gasteiger partial charge in [-0.15, -0.1) is 0 Å². The van der Waals surface area contributed by atoms with Crippen LogP contribution in [0, 0.1) is 10.1 Å². The maximum Gasteiger partial charge on any atom is 0.372 e. The van der Waals surface area contributed by atoms with E-state index < -0.39 is 4.92 Å². The van der Waals surface area contributed by atoms with Gasteiger partial charge in [-0.05, 0) is 24.0 Å². The molecule has 3 heterocycles. The molecule has 3 rings (SSSR count). The molecule has 3 aromatic rings. The molecule has 102 valence electrons. The van der Waals surface area contributed by atoms with Crippen molar-refractivity contribution in [1.29, 1.82) is 0 Å². The van der Waals surface area contributed by atoms with Crippen molar-refractivity contribution >= 4 is 27.9 Å². The van der Waals surface area contributed by atoms with E-state index in [0.29, 0.717) is 4.96 Å². The lowest BCUT2D eigenvalue weighted by Gasteiger charge is -2.11. The minimum atomic E-state index is -0.430. The Morgan fingerprint density at radius 1 is 1.50 bits per heavy atom. The molecule has 0 fully saturated rings. The summed E-state index contributed by atoms with van der Waals surface area (Å²) in [6.07, 6.45) is 3.33. The summed E-state index contributed by atoms with van der Waals surface area (Å²) in [7, 11) is 0. The molecule has 0 bridgehead atoms. The Kier molecular flexibility index (Phi) is 3.07. The highest BCUT2D eigenvalue weighted by atomic mass is 32.1. The van der Waals surface area contributed by atoms with Gasteiger partial charge in [-0.1, -0.05) is 17.4 Å². The molecule has 0 aromatic carbocycles. The Hall–Kier alpha value is -2.48. The molecular weight excluding hydrogens is 278 g/mol. The molecule has 20 heavy (non-hydrogen) atoms. The van der Waals surface area contributed by atoms with E-state index in [1.807, 2.05) is 25.1 Å². The zero-order valence-electron chi connectivity index (χ0n) is 10.6. The third-order valence-electron chi connectivity index (χ3n) is 2.89. The Labute approximate surface area is 118 Å². The van der Waals surface area contributed by atoms with E-state index in [1.54, 1.807) is 17.8 Å². The molecule has 3 aromatic heterocycles. The standard InChI is InChI=1S/C12H11N5O2S/c1-8(9-4-2-3-5-13-9)14-10-11(17(18)19)16-6-7-20-12(16)15-10/h2-8,14H,1H3/t8-/m1/s1. The SMILES string of the molecule is C[C@@H](Nc1nc2sccn2c1[N+](=O)[O-])c1ccccn1. The molecule has 7 nitrogen and oxygen atoms in total. The average Bonchev–Trinajstić information content (AvgIpc) is 2.99. The third-order valence-corrected chi connectivity index (χ3v) is 3.65. The second-order valence-electron chi connectivity index (χ2n) is 4.22. The minimum Gasteiger partial charge on any atom is -0.358 e. The predicted octanol–water partition coefficient (Wildman–Crippen LogP) is 2.87. The molecule has 1 N–H and O–H groups in total. The summed E-state index contributed by atoms with van der Waals surface area (Å²) in [4.78, 5) is 19.9. The highest BCUT2D eigenvalue weighted by Crippen LogP contribution is 2.30. The topological polar surface area (TPSA) is 85.4 Å². The van der Waals surface area contributed by atoms with Gasteiger partial charge in [0.05, 0.1) is 11.7 Å². The molecule has 0 amide bonds. The normalized spacial score (nSPS) is 12.4. The first-order valence-corrected chi connectivity index (χ1v) is 6.82. The van der Waals surface area contributed by atoms with Gasteiger partial charge in [-0.3, -0.25) is 4.98 Å². The predicted molar refractivity (Wildman–Crippen MR) is 76.0 cm³/mol. The van der Waals surface area contributed by atoms with Crippen LogP contribution >= 0.6 is 11.3 Å². The third kappa shape index (κ3) is 2.10. The van der Waals surface area contributed by atoms with Crippen molar-refractivity contribution in [2.75, 3.05) is 5.32 Å². The first-order chi connectivity index (χ1) is 9.66. The van der Waals surface area contributed by atoms with Crippen molar-refractivity contribution in [3.8, 4) is 0 Å². The average molecular weight is 289 g/mol. The van der Waals surface area contributed by atoms with Gasteiger partial charge >= 0.3 is 5.82 Å². The highest BCUT2D eigenvalue weighted by Gasteiger charge is 2.24. The van der Waals surface area contributed by atoms with Gasteiger partial charge in [0, 0.05) is 11.6 Å². The molecule has 0 saturated carbocycles. The van der Waals surface area contributed by atoms with Gasteiger partial charge in [-0.2, -0.15) is 9.38 Å². The monoisotopic (exact) mass is 289 g/mol. The number of thiazole rings is 1. The summed E-state index contributed by atoms with van der Waals surface area (Å²) in [5.41, 5.74) is 0.804. The maximum atomic E-state index is 11.2. The highest BCUT2D eigenvalue weighted by molar-refractivity contribution is 7.15. The van der Waals surface area contributed by atoms with Crippen molar-refractivity contribution in [2.24, 2.45) is 0 Å². The van der Waals surface area contributed by atoms with E-state index in [2.05, 4.69) is 15.3 Å². The van der Waals surface area contributed by atoms with Gasteiger partial charge in [0.25, 0.3) is 4.96 Å². The molecule has 8 heteroatoms. The largest absolute Gasteiger partial charge is 0.372 e. The van der Waals surface area contributed by atoms with Gasteiger partial charge in [0.1, 0.15) is 6.20 Å². The number of hydrogen-bond acceptors (Lipinski definition) is 6. The van der Waals surface area contributed by atoms with Crippen LogP contribution in [0.3, 0.4) is 0 Å². The summed E-state index contributed by atoms with van der Waals surface area (Å²) in [6, 6.07) is 5.40. The second kappa shape index (κ2) is 4.89. The van der Waals surface area contributed by atoms with Crippen molar-refractivity contribution in [3.63, 3.8) is 0 Å². The van der Waals surface area contributed by atoms with E-state index in [4.69, 9.17) is 0 Å². The van der Waals surface area contributed by atoms with E-state index in [1.165, 1.54) is 15.7 Å². The Bertz CT molecular complexity index is 752. The van der Waals surface area contributed by atoms with Crippen molar-refractivity contribution in [1.82, 2.24) is 14.4 Å². The number of rotatable bonds is 4. The zero-order valence-corrected chi connectivity index (χ0v) is 11.4. The van der Waals surface area contributed by atoms with Gasteiger partial charge in [0.2, 0.25) is 5.82 Å². The number of anilines is 1. The van der Waals surface area contributed by atoms with Gasteiger partial charge in [-0.25, -0.2) is 0 Å². The fraction of sp³-hybridized carbons (Fsp3) is 0.167. The van der Waals surface area contributed by atoms with Crippen LogP contribution < -0.4 is 5.32 Å². The lowest BCUT2D eigenvalue weighted by Crippen LogP contribution is -2.10. The summed E-state index contributed by atoms with van der Waals surface area (Å²) >= 11 is 1.35. The Morgan fingerprint density at radius 2 is 2.35 bits per heavy atom. The zero-order chi connectivity index (χ0) is 14.1. The molecule has 1 atom stereocenters.